The number of halogens is 1. The highest BCUT2D eigenvalue weighted by molar-refractivity contribution is 5.97. The second-order valence-corrected chi connectivity index (χ2v) is 9.67. The smallest absolute Gasteiger partial charge is 0.257 e. The fourth-order valence-corrected chi connectivity index (χ4v) is 4.37. The van der Waals surface area contributed by atoms with Gasteiger partial charge < -0.3 is 29.7 Å². The molecule has 1 saturated carbocycles. The molecule has 2 amide bonds. The summed E-state index contributed by atoms with van der Waals surface area (Å²) in [5.41, 5.74) is 2.07. The molecule has 214 valence electrons. The van der Waals surface area contributed by atoms with Gasteiger partial charge in [-0.25, -0.2) is 4.39 Å². The van der Waals surface area contributed by atoms with E-state index in [2.05, 4.69) is 20.8 Å². The zero-order chi connectivity index (χ0) is 28.8. The first kappa shape index (κ1) is 27.9. The summed E-state index contributed by atoms with van der Waals surface area (Å²) in [6, 6.07) is 17.6. The first-order valence-electron chi connectivity index (χ1n) is 13.4. The molecule has 11 heteroatoms. The van der Waals surface area contributed by atoms with Crippen molar-refractivity contribution in [2.24, 2.45) is 5.92 Å². The molecule has 0 unspecified atom stereocenters. The van der Waals surface area contributed by atoms with Gasteiger partial charge in [-0.05, 0) is 55.3 Å². The molecule has 1 aliphatic carbocycles. The summed E-state index contributed by atoms with van der Waals surface area (Å²) in [6.07, 6.45) is 2.06. The number of anilines is 3. The number of nitrogens with one attached hydrogen (secondary N) is 3. The fraction of sp³-hybridized carbons (Fsp3) is 0.300. The van der Waals surface area contributed by atoms with Crippen LogP contribution in [0.15, 0.2) is 60.7 Å². The van der Waals surface area contributed by atoms with E-state index in [9.17, 15) is 14.0 Å². The molecule has 1 aromatic heterocycles. The average molecular weight is 562 g/mol. The Bertz CT molecular complexity index is 1510. The van der Waals surface area contributed by atoms with Gasteiger partial charge in [0.1, 0.15) is 17.3 Å². The highest BCUT2D eigenvalue weighted by Gasteiger charge is 2.29. The molecule has 1 aliphatic heterocycles. The van der Waals surface area contributed by atoms with Crippen LogP contribution in [0.25, 0.3) is 10.9 Å². The number of nitrogens with zero attached hydrogens (tertiary/aromatic N) is 2. The highest BCUT2D eigenvalue weighted by Crippen LogP contribution is 2.33. The van der Waals surface area contributed by atoms with Gasteiger partial charge in [0, 0.05) is 36.1 Å². The molecular formula is C30H32FN5O5. The summed E-state index contributed by atoms with van der Waals surface area (Å²) in [5.74, 6) is 1.11. The molecule has 2 heterocycles. The summed E-state index contributed by atoms with van der Waals surface area (Å²) in [4.78, 5) is 25.6. The first-order chi connectivity index (χ1) is 20.0. The maximum absolute atomic E-state index is 14.7. The van der Waals surface area contributed by atoms with Crippen LogP contribution in [0.5, 0.6) is 11.5 Å². The minimum atomic E-state index is -0.616. The van der Waals surface area contributed by atoms with Crippen LogP contribution in [0.1, 0.15) is 23.2 Å². The number of methoxy groups -OCH3 is 2. The minimum absolute atomic E-state index is 0.0221. The molecular weight excluding hydrogens is 529 g/mol. The van der Waals surface area contributed by atoms with E-state index in [0.29, 0.717) is 43.6 Å². The molecule has 0 radical (unpaired) electrons. The maximum Gasteiger partial charge on any atom is 0.257 e. The molecule has 3 aromatic carbocycles. The maximum atomic E-state index is 14.7. The molecule has 3 N–H and O–H groups in total. The number of hydrogen-bond acceptors (Lipinski definition) is 7. The van der Waals surface area contributed by atoms with E-state index in [-0.39, 0.29) is 23.3 Å². The van der Waals surface area contributed by atoms with Gasteiger partial charge in [0.15, 0.2) is 5.82 Å². The number of benzene rings is 3. The molecule has 2 aliphatic rings. The number of morpholine rings is 1. The number of para-hydroxylation sites is 1. The average Bonchev–Trinajstić information content (AvgIpc) is 3.80. The monoisotopic (exact) mass is 561 g/mol. The number of aromatic nitrogens is 2. The minimum Gasteiger partial charge on any atom is -0.497 e. The topological polar surface area (TPSA) is 118 Å². The molecule has 0 spiro atoms. The predicted octanol–water partition coefficient (Wildman–Crippen LogP) is 4.97. The van der Waals surface area contributed by atoms with Crippen molar-refractivity contribution < 1.29 is 28.2 Å². The second kappa shape index (κ2) is 12.7. The molecule has 4 aromatic rings. The Morgan fingerprint density at radius 1 is 1.02 bits per heavy atom. The number of aromatic amines is 1. The van der Waals surface area contributed by atoms with Gasteiger partial charge in [-0.2, -0.15) is 5.10 Å². The van der Waals surface area contributed by atoms with Crippen molar-refractivity contribution in [1.29, 1.82) is 0 Å². The lowest BCUT2D eigenvalue weighted by Gasteiger charge is -2.27. The third-order valence-electron chi connectivity index (χ3n) is 6.85. The van der Waals surface area contributed by atoms with Gasteiger partial charge in [0.2, 0.25) is 5.91 Å². The van der Waals surface area contributed by atoms with Crippen LogP contribution in [0.2, 0.25) is 0 Å². The molecule has 41 heavy (non-hydrogen) atoms. The van der Waals surface area contributed by atoms with Crippen LogP contribution in [0.3, 0.4) is 0 Å². The number of carbonyl (C=O) groups excluding carboxylic acids is 2. The van der Waals surface area contributed by atoms with Crippen molar-refractivity contribution >= 4 is 39.9 Å². The SMILES string of the molecule is COc1cc(C(=O)N2CCOCC2)c(F)cc1Nc1n[nH]c2ccccc12.COc1ccc(NC(=O)C2CC2)cc1. The second-order valence-electron chi connectivity index (χ2n) is 9.67. The van der Waals surface area contributed by atoms with E-state index in [1.54, 1.807) is 12.0 Å². The van der Waals surface area contributed by atoms with Crippen molar-refractivity contribution in [2.75, 3.05) is 51.2 Å². The van der Waals surface area contributed by atoms with Gasteiger partial charge in [0.25, 0.3) is 5.91 Å². The lowest BCUT2D eigenvalue weighted by molar-refractivity contribution is -0.117. The van der Waals surface area contributed by atoms with Gasteiger partial charge in [-0.3, -0.25) is 14.7 Å². The van der Waals surface area contributed by atoms with Crippen LogP contribution < -0.4 is 20.1 Å². The number of amides is 2. The van der Waals surface area contributed by atoms with Crippen molar-refractivity contribution in [3.63, 3.8) is 0 Å². The highest BCUT2D eigenvalue weighted by atomic mass is 19.1. The standard InChI is InChI=1S/C19H19FN4O3.C11H13NO2/c1-26-17-10-13(19(25)24-6-8-27-9-7-24)14(20)11-16(17)21-18-12-4-2-3-5-15(12)22-23-18;1-14-10-6-4-9(5-7-10)12-11(13)8-2-3-8/h2-5,10-11H,6-9H2,1H3,(H2,21,22,23);4-8H,2-3H2,1H3,(H,12,13). The molecule has 1 saturated heterocycles. The Hall–Kier alpha value is -4.64. The van der Waals surface area contributed by atoms with Crippen molar-refractivity contribution in [1.82, 2.24) is 15.1 Å². The van der Waals surface area contributed by atoms with Gasteiger partial charge >= 0.3 is 0 Å². The number of H-pyrrole nitrogens is 1. The third-order valence-corrected chi connectivity index (χ3v) is 6.85. The Morgan fingerprint density at radius 3 is 2.44 bits per heavy atom. The van der Waals surface area contributed by atoms with E-state index < -0.39 is 5.82 Å². The summed E-state index contributed by atoms with van der Waals surface area (Å²) >= 11 is 0. The third kappa shape index (κ3) is 6.75. The largest absolute Gasteiger partial charge is 0.497 e. The van der Waals surface area contributed by atoms with Crippen LogP contribution in [-0.4, -0.2) is 67.4 Å². The lowest BCUT2D eigenvalue weighted by Crippen LogP contribution is -2.41. The predicted molar refractivity (Wildman–Crippen MR) is 153 cm³/mol. The van der Waals surface area contributed by atoms with Crippen LogP contribution in [0.4, 0.5) is 21.6 Å². The van der Waals surface area contributed by atoms with E-state index in [1.807, 2.05) is 48.5 Å². The summed E-state index contributed by atoms with van der Waals surface area (Å²) in [6.45, 7) is 1.80. The number of ether oxygens (including phenoxy) is 3. The molecule has 10 nitrogen and oxygen atoms in total. The zero-order valence-electron chi connectivity index (χ0n) is 22.9. The van der Waals surface area contributed by atoms with E-state index in [0.717, 1.165) is 35.2 Å². The first-order valence-corrected chi connectivity index (χ1v) is 13.4. The Labute approximate surface area is 236 Å². The molecule has 2 fully saturated rings. The Kier molecular flexibility index (Phi) is 8.64. The number of hydrogen-bond donors (Lipinski definition) is 3. The van der Waals surface area contributed by atoms with Crippen LogP contribution in [0, 0.1) is 11.7 Å². The molecule has 0 bridgehead atoms. The van der Waals surface area contributed by atoms with Crippen molar-refractivity contribution in [3.8, 4) is 11.5 Å². The Balaban J connectivity index is 0.000000202. The van der Waals surface area contributed by atoms with Crippen LogP contribution >= 0.6 is 0 Å². The fourth-order valence-electron chi connectivity index (χ4n) is 4.37. The van der Waals surface area contributed by atoms with Crippen LogP contribution in [-0.2, 0) is 9.53 Å². The number of carbonyl (C=O) groups is 2. The Morgan fingerprint density at radius 2 is 1.76 bits per heavy atom. The van der Waals surface area contributed by atoms with E-state index in [1.165, 1.54) is 19.2 Å². The normalized spacial score (nSPS) is 14.6. The summed E-state index contributed by atoms with van der Waals surface area (Å²) < 4.78 is 30.4. The lowest BCUT2D eigenvalue weighted by atomic mass is 10.1. The van der Waals surface area contributed by atoms with Crippen molar-refractivity contribution in [3.05, 3.63) is 72.0 Å². The van der Waals surface area contributed by atoms with E-state index >= 15 is 0 Å². The summed E-state index contributed by atoms with van der Waals surface area (Å²) in [7, 11) is 3.10. The number of rotatable bonds is 7. The van der Waals surface area contributed by atoms with Gasteiger partial charge in [-0.15, -0.1) is 0 Å². The van der Waals surface area contributed by atoms with Gasteiger partial charge in [-0.1, -0.05) is 12.1 Å². The zero-order valence-corrected chi connectivity index (χ0v) is 22.9. The quantitative estimate of drug-likeness (QED) is 0.292. The summed E-state index contributed by atoms with van der Waals surface area (Å²) in [5, 5.41) is 13.9. The number of fused-ring (bicyclic) bond motifs is 1. The molecule has 0 atom stereocenters. The van der Waals surface area contributed by atoms with E-state index in [4.69, 9.17) is 14.2 Å². The van der Waals surface area contributed by atoms with Gasteiger partial charge in [0.05, 0.1) is 44.2 Å². The molecule has 6 rings (SSSR count). The van der Waals surface area contributed by atoms with Crippen molar-refractivity contribution in [2.45, 2.75) is 12.8 Å².